The van der Waals surface area contributed by atoms with E-state index in [1.165, 1.54) is 0 Å². The van der Waals surface area contributed by atoms with Crippen molar-refractivity contribution in [1.29, 1.82) is 0 Å². The van der Waals surface area contributed by atoms with Crippen LogP contribution in [0.1, 0.15) is 28.9 Å². The summed E-state index contributed by atoms with van der Waals surface area (Å²) in [5, 5.41) is 3.67. The highest BCUT2D eigenvalue weighted by Crippen LogP contribution is 2.30. The Morgan fingerprint density at radius 1 is 1.00 bits per heavy atom. The molecule has 1 amide bonds. The third-order valence-corrected chi connectivity index (χ3v) is 4.18. The number of rotatable bonds is 5. The summed E-state index contributed by atoms with van der Waals surface area (Å²) in [6, 6.07) is 10.1. The van der Waals surface area contributed by atoms with E-state index < -0.39 is 0 Å². The van der Waals surface area contributed by atoms with Gasteiger partial charge in [-0.3, -0.25) is 4.79 Å². The lowest BCUT2D eigenvalue weighted by molar-refractivity contribution is 0.0940. The molecule has 1 atom stereocenters. The Morgan fingerprint density at radius 3 is 2.30 bits per heavy atom. The molecule has 0 spiro atoms. The van der Waals surface area contributed by atoms with Crippen LogP contribution in [0.5, 0.6) is 11.5 Å². The van der Waals surface area contributed by atoms with Gasteiger partial charge in [-0.2, -0.15) is 0 Å². The van der Waals surface area contributed by atoms with Crippen molar-refractivity contribution in [2.75, 3.05) is 14.2 Å². The maximum atomic E-state index is 12.3. The minimum absolute atomic E-state index is 0.211. The zero-order valence-electron chi connectivity index (χ0n) is 13.0. The first-order valence-corrected chi connectivity index (χ1v) is 7.69. The van der Waals surface area contributed by atoms with Gasteiger partial charge in [0.2, 0.25) is 0 Å². The number of hydrogen-bond acceptors (Lipinski definition) is 3. The van der Waals surface area contributed by atoms with Gasteiger partial charge in [0.15, 0.2) is 11.5 Å². The van der Waals surface area contributed by atoms with Crippen molar-refractivity contribution >= 4 is 29.1 Å². The number of nitrogens with one attached hydrogen (secondary N) is 1. The molecule has 0 aliphatic carbocycles. The standard InChI is InChI=1S/C17H17Cl2NO3/c1-10(11-5-7-15(22-2)16(9-11)23-3)20-17(21)12-4-6-13(18)14(19)8-12/h4-10H,1-3H3,(H,20,21)/t10-/m0/s1. The number of carbonyl (C=O) groups is 1. The largest absolute Gasteiger partial charge is 0.493 e. The molecule has 0 aliphatic heterocycles. The molecule has 0 bridgehead atoms. The number of amides is 1. The average Bonchev–Trinajstić information content (AvgIpc) is 2.56. The van der Waals surface area contributed by atoms with Gasteiger partial charge in [-0.1, -0.05) is 29.3 Å². The Balaban J connectivity index is 2.16. The SMILES string of the molecule is COc1ccc([C@H](C)NC(=O)c2ccc(Cl)c(Cl)c2)cc1OC. The number of methoxy groups -OCH3 is 2. The van der Waals surface area contributed by atoms with Gasteiger partial charge in [-0.05, 0) is 42.8 Å². The van der Waals surface area contributed by atoms with Crippen molar-refractivity contribution in [3.8, 4) is 11.5 Å². The molecule has 0 radical (unpaired) electrons. The number of benzene rings is 2. The maximum absolute atomic E-state index is 12.3. The molecule has 0 heterocycles. The molecule has 0 aliphatic rings. The van der Waals surface area contributed by atoms with Crippen molar-refractivity contribution in [2.24, 2.45) is 0 Å². The zero-order valence-corrected chi connectivity index (χ0v) is 14.5. The van der Waals surface area contributed by atoms with E-state index in [2.05, 4.69) is 5.32 Å². The second kappa shape index (κ2) is 7.57. The van der Waals surface area contributed by atoms with Crippen molar-refractivity contribution in [2.45, 2.75) is 13.0 Å². The Kier molecular flexibility index (Phi) is 5.74. The van der Waals surface area contributed by atoms with Crippen LogP contribution in [0.25, 0.3) is 0 Å². The fourth-order valence-corrected chi connectivity index (χ4v) is 2.42. The number of ether oxygens (including phenoxy) is 2. The van der Waals surface area contributed by atoms with Crippen molar-refractivity contribution in [3.63, 3.8) is 0 Å². The number of hydrogen-bond donors (Lipinski definition) is 1. The summed E-state index contributed by atoms with van der Waals surface area (Å²) in [6.45, 7) is 1.89. The quantitative estimate of drug-likeness (QED) is 0.860. The van der Waals surface area contributed by atoms with E-state index in [4.69, 9.17) is 32.7 Å². The van der Waals surface area contributed by atoms with Crippen LogP contribution in [0, 0.1) is 0 Å². The van der Waals surface area contributed by atoms with E-state index in [1.807, 2.05) is 19.1 Å². The highest BCUT2D eigenvalue weighted by molar-refractivity contribution is 6.42. The van der Waals surface area contributed by atoms with Crippen molar-refractivity contribution in [3.05, 3.63) is 57.6 Å². The lowest BCUT2D eigenvalue weighted by atomic mass is 10.1. The third kappa shape index (κ3) is 4.09. The molecule has 0 saturated carbocycles. The van der Waals surface area contributed by atoms with Crippen LogP contribution in [-0.4, -0.2) is 20.1 Å². The topological polar surface area (TPSA) is 47.6 Å². The van der Waals surface area contributed by atoms with Gasteiger partial charge in [0.25, 0.3) is 5.91 Å². The predicted molar refractivity (Wildman–Crippen MR) is 91.9 cm³/mol. The van der Waals surface area contributed by atoms with E-state index in [9.17, 15) is 4.79 Å². The molecule has 23 heavy (non-hydrogen) atoms. The molecule has 2 rings (SSSR count). The van der Waals surface area contributed by atoms with Gasteiger partial charge >= 0.3 is 0 Å². The van der Waals surface area contributed by atoms with Crippen molar-refractivity contribution in [1.82, 2.24) is 5.32 Å². The van der Waals surface area contributed by atoms with Crippen LogP contribution in [0.15, 0.2) is 36.4 Å². The number of halogens is 2. The summed E-state index contributed by atoms with van der Waals surface area (Å²) in [7, 11) is 3.15. The van der Waals surface area contributed by atoms with E-state index in [-0.39, 0.29) is 11.9 Å². The van der Waals surface area contributed by atoms with E-state index >= 15 is 0 Å². The van der Waals surface area contributed by atoms with Gasteiger partial charge in [0, 0.05) is 5.56 Å². The van der Waals surface area contributed by atoms with Crippen LogP contribution < -0.4 is 14.8 Å². The summed E-state index contributed by atoms with van der Waals surface area (Å²) >= 11 is 11.8. The molecule has 2 aromatic rings. The molecular formula is C17H17Cl2NO3. The first kappa shape index (κ1) is 17.4. The summed E-state index contributed by atoms with van der Waals surface area (Å²) in [6.07, 6.45) is 0. The van der Waals surface area contributed by atoms with Gasteiger partial charge in [-0.15, -0.1) is 0 Å². The first-order chi connectivity index (χ1) is 11.0. The van der Waals surface area contributed by atoms with Gasteiger partial charge in [0.1, 0.15) is 0 Å². The van der Waals surface area contributed by atoms with Crippen LogP contribution in [0.2, 0.25) is 10.0 Å². The number of carbonyl (C=O) groups excluding carboxylic acids is 1. The second-order valence-corrected chi connectivity index (χ2v) is 5.75. The van der Waals surface area contributed by atoms with Crippen LogP contribution >= 0.6 is 23.2 Å². The highest BCUT2D eigenvalue weighted by atomic mass is 35.5. The van der Waals surface area contributed by atoms with Gasteiger partial charge in [-0.25, -0.2) is 0 Å². The molecule has 4 nitrogen and oxygen atoms in total. The summed E-state index contributed by atoms with van der Waals surface area (Å²) in [5.41, 5.74) is 1.35. The Labute approximate surface area is 145 Å². The van der Waals surface area contributed by atoms with E-state index in [0.717, 1.165) is 5.56 Å². The molecule has 0 saturated heterocycles. The molecule has 2 aromatic carbocycles. The highest BCUT2D eigenvalue weighted by Gasteiger charge is 2.14. The Bertz CT molecular complexity index is 719. The summed E-state index contributed by atoms with van der Waals surface area (Å²) in [4.78, 5) is 12.3. The lowest BCUT2D eigenvalue weighted by Gasteiger charge is -2.16. The van der Waals surface area contributed by atoms with Gasteiger partial charge in [0.05, 0.1) is 30.3 Å². The monoisotopic (exact) mass is 353 g/mol. The molecule has 0 unspecified atom stereocenters. The molecule has 0 fully saturated rings. The molecule has 122 valence electrons. The van der Waals surface area contributed by atoms with Crippen molar-refractivity contribution < 1.29 is 14.3 Å². The van der Waals surface area contributed by atoms with Crippen LogP contribution in [-0.2, 0) is 0 Å². The smallest absolute Gasteiger partial charge is 0.251 e. The zero-order chi connectivity index (χ0) is 17.0. The minimum Gasteiger partial charge on any atom is -0.493 e. The normalized spacial score (nSPS) is 11.7. The maximum Gasteiger partial charge on any atom is 0.251 e. The predicted octanol–water partition coefficient (Wildman–Crippen LogP) is 4.50. The lowest BCUT2D eigenvalue weighted by Crippen LogP contribution is -2.26. The van der Waals surface area contributed by atoms with Crippen LogP contribution in [0.3, 0.4) is 0 Å². The molecule has 6 heteroatoms. The Morgan fingerprint density at radius 2 is 1.70 bits per heavy atom. The molecule has 1 N–H and O–H groups in total. The fraction of sp³-hybridized carbons (Fsp3) is 0.235. The summed E-state index contributed by atoms with van der Waals surface area (Å²) in [5.74, 6) is 1.02. The van der Waals surface area contributed by atoms with E-state index in [0.29, 0.717) is 27.1 Å². The molecular weight excluding hydrogens is 337 g/mol. The average molecular weight is 354 g/mol. The first-order valence-electron chi connectivity index (χ1n) is 6.94. The van der Waals surface area contributed by atoms with Gasteiger partial charge < -0.3 is 14.8 Å². The second-order valence-electron chi connectivity index (χ2n) is 4.94. The van der Waals surface area contributed by atoms with E-state index in [1.54, 1.807) is 38.5 Å². The van der Waals surface area contributed by atoms with Crippen LogP contribution in [0.4, 0.5) is 0 Å². The summed E-state index contributed by atoms with van der Waals surface area (Å²) < 4.78 is 10.5. The molecule has 0 aromatic heterocycles. The minimum atomic E-state index is -0.231. The fourth-order valence-electron chi connectivity index (χ4n) is 2.12. The third-order valence-electron chi connectivity index (χ3n) is 3.44. The Hall–Kier alpha value is -1.91.